The fourth-order valence-corrected chi connectivity index (χ4v) is 2.02. The molecule has 0 fully saturated rings. The van der Waals surface area contributed by atoms with Crippen molar-refractivity contribution in [2.45, 2.75) is 6.30 Å². The highest BCUT2D eigenvalue weighted by atomic mass is 79.9. The first-order valence-corrected chi connectivity index (χ1v) is 5.02. The van der Waals surface area contributed by atoms with Crippen LogP contribution in [-0.4, -0.2) is 15.6 Å². The van der Waals surface area contributed by atoms with Gasteiger partial charge in [0.15, 0.2) is 0 Å². The first-order chi connectivity index (χ1) is 7.11. The van der Waals surface area contributed by atoms with Crippen LogP contribution in [0, 0.1) is 0 Å². The Balaban J connectivity index is 2.67. The number of aromatic nitrogens is 1. The van der Waals surface area contributed by atoms with E-state index < -0.39 is 12.3 Å². The number of nitrogens with zero attached hydrogens (tertiary/aromatic N) is 1. The van der Waals surface area contributed by atoms with Crippen LogP contribution in [0.4, 0.5) is 4.39 Å². The van der Waals surface area contributed by atoms with Crippen LogP contribution in [0.5, 0.6) is 0 Å². The highest BCUT2D eigenvalue weighted by Gasteiger charge is 2.20. The predicted octanol–water partition coefficient (Wildman–Crippen LogP) is 2.96. The first kappa shape index (κ1) is 10.2. The second-order valence-electron chi connectivity index (χ2n) is 3.08. The van der Waals surface area contributed by atoms with Gasteiger partial charge < -0.3 is 9.67 Å². The summed E-state index contributed by atoms with van der Waals surface area (Å²) in [6.45, 7) is 0. The molecule has 1 unspecified atom stereocenters. The highest BCUT2D eigenvalue weighted by Crippen LogP contribution is 2.29. The molecule has 3 nitrogen and oxygen atoms in total. The van der Waals surface area contributed by atoms with E-state index in [1.807, 2.05) is 6.07 Å². The minimum atomic E-state index is -2.05. The normalized spacial score (nSPS) is 12.9. The van der Waals surface area contributed by atoms with Crippen molar-refractivity contribution in [3.8, 4) is 0 Å². The van der Waals surface area contributed by atoms with Gasteiger partial charge in [-0.15, -0.1) is 0 Å². The maximum Gasteiger partial charge on any atom is 0.359 e. The van der Waals surface area contributed by atoms with Gasteiger partial charge in [0.25, 0.3) is 6.30 Å². The molecule has 0 radical (unpaired) electrons. The summed E-state index contributed by atoms with van der Waals surface area (Å²) in [5.74, 6) is -1.50. The van der Waals surface area contributed by atoms with E-state index in [9.17, 15) is 9.18 Å². The van der Waals surface area contributed by atoms with Gasteiger partial charge in [-0.05, 0) is 22.0 Å². The van der Waals surface area contributed by atoms with E-state index in [2.05, 4.69) is 15.9 Å². The SMILES string of the molecule is O=C(O)C(F)n1cc(Br)c2ccccc21. The number of carboxylic acids is 1. The van der Waals surface area contributed by atoms with Gasteiger partial charge in [-0.3, -0.25) is 0 Å². The van der Waals surface area contributed by atoms with Gasteiger partial charge in [0.1, 0.15) is 0 Å². The number of alkyl halides is 1. The summed E-state index contributed by atoms with van der Waals surface area (Å²) in [6, 6.07) is 7.02. The van der Waals surface area contributed by atoms with Crippen molar-refractivity contribution in [3.05, 3.63) is 34.9 Å². The van der Waals surface area contributed by atoms with Crippen LogP contribution < -0.4 is 0 Å². The van der Waals surface area contributed by atoms with Crippen LogP contribution in [0.15, 0.2) is 34.9 Å². The van der Waals surface area contributed by atoms with E-state index in [0.717, 1.165) is 9.95 Å². The van der Waals surface area contributed by atoms with Crippen LogP contribution in [0.3, 0.4) is 0 Å². The summed E-state index contributed by atoms with van der Waals surface area (Å²) in [6.07, 6.45) is -0.620. The number of rotatable bonds is 2. The Hall–Kier alpha value is -1.36. The van der Waals surface area contributed by atoms with Gasteiger partial charge >= 0.3 is 5.97 Å². The molecule has 0 aliphatic carbocycles. The van der Waals surface area contributed by atoms with Crippen LogP contribution in [0.2, 0.25) is 0 Å². The lowest BCUT2D eigenvalue weighted by Crippen LogP contribution is -2.12. The summed E-state index contributed by atoms with van der Waals surface area (Å²) in [5.41, 5.74) is 0.555. The number of carbonyl (C=O) groups is 1. The van der Waals surface area contributed by atoms with Crippen molar-refractivity contribution < 1.29 is 14.3 Å². The van der Waals surface area contributed by atoms with E-state index in [-0.39, 0.29) is 0 Å². The van der Waals surface area contributed by atoms with Crippen molar-refractivity contribution in [2.24, 2.45) is 0 Å². The Morgan fingerprint density at radius 1 is 1.47 bits per heavy atom. The number of halogens is 2. The number of aliphatic carboxylic acids is 1. The summed E-state index contributed by atoms with van der Waals surface area (Å²) in [5, 5.41) is 9.39. The number of fused-ring (bicyclic) bond motifs is 1. The molecular formula is C10H7BrFNO2. The molecular weight excluding hydrogens is 265 g/mol. The van der Waals surface area contributed by atoms with Crippen molar-refractivity contribution in [1.29, 1.82) is 0 Å². The molecule has 1 aromatic carbocycles. The third-order valence-corrected chi connectivity index (χ3v) is 2.77. The average molecular weight is 272 g/mol. The van der Waals surface area contributed by atoms with Crippen LogP contribution in [0.1, 0.15) is 6.30 Å². The molecule has 0 saturated carbocycles. The van der Waals surface area contributed by atoms with Crippen molar-refractivity contribution >= 4 is 32.8 Å². The molecule has 0 bridgehead atoms. The molecule has 0 aliphatic rings. The second-order valence-corrected chi connectivity index (χ2v) is 3.93. The fraction of sp³-hybridized carbons (Fsp3) is 0.100. The van der Waals surface area contributed by atoms with Crippen LogP contribution in [-0.2, 0) is 4.79 Å². The summed E-state index contributed by atoms with van der Waals surface area (Å²) < 4.78 is 15.1. The van der Waals surface area contributed by atoms with E-state index in [0.29, 0.717) is 9.99 Å². The maximum absolute atomic E-state index is 13.3. The van der Waals surface area contributed by atoms with E-state index >= 15 is 0 Å². The van der Waals surface area contributed by atoms with Crippen LogP contribution in [0.25, 0.3) is 10.9 Å². The lowest BCUT2D eigenvalue weighted by atomic mass is 10.2. The van der Waals surface area contributed by atoms with E-state index in [1.165, 1.54) is 6.20 Å². The Labute approximate surface area is 93.3 Å². The lowest BCUT2D eigenvalue weighted by molar-refractivity contribution is -0.146. The highest BCUT2D eigenvalue weighted by molar-refractivity contribution is 9.10. The lowest BCUT2D eigenvalue weighted by Gasteiger charge is -2.05. The third kappa shape index (κ3) is 1.63. The molecule has 1 heterocycles. The molecule has 1 aromatic heterocycles. The van der Waals surface area contributed by atoms with Gasteiger partial charge in [0.05, 0.1) is 5.52 Å². The fourth-order valence-electron chi connectivity index (χ4n) is 1.47. The van der Waals surface area contributed by atoms with Crippen molar-refractivity contribution in [2.75, 3.05) is 0 Å². The van der Waals surface area contributed by atoms with Crippen molar-refractivity contribution in [1.82, 2.24) is 4.57 Å². The van der Waals surface area contributed by atoms with E-state index in [4.69, 9.17) is 5.11 Å². The number of para-hydroxylation sites is 1. The summed E-state index contributed by atoms with van der Waals surface area (Å²) in [7, 11) is 0. The number of carboxylic acid groups (broad SMARTS) is 1. The van der Waals surface area contributed by atoms with Crippen molar-refractivity contribution in [3.63, 3.8) is 0 Å². The topological polar surface area (TPSA) is 42.2 Å². The molecule has 0 aliphatic heterocycles. The first-order valence-electron chi connectivity index (χ1n) is 4.23. The van der Waals surface area contributed by atoms with Gasteiger partial charge in [0.2, 0.25) is 0 Å². The Kier molecular flexibility index (Phi) is 2.48. The minimum Gasteiger partial charge on any atom is -0.478 e. The molecule has 1 atom stereocenters. The minimum absolute atomic E-state index is 0.555. The molecule has 5 heteroatoms. The number of hydrogen-bond donors (Lipinski definition) is 1. The van der Waals surface area contributed by atoms with Gasteiger partial charge in [-0.2, -0.15) is 0 Å². The molecule has 1 N–H and O–H groups in total. The molecule has 0 spiro atoms. The summed E-state index contributed by atoms with van der Waals surface area (Å²) >= 11 is 3.25. The molecule has 2 rings (SSSR count). The molecule has 78 valence electrons. The average Bonchev–Trinajstić information content (AvgIpc) is 2.56. The van der Waals surface area contributed by atoms with Gasteiger partial charge in [0, 0.05) is 16.1 Å². The number of hydrogen-bond acceptors (Lipinski definition) is 1. The van der Waals surface area contributed by atoms with E-state index in [1.54, 1.807) is 18.2 Å². The summed E-state index contributed by atoms with van der Waals surface area (Å²) in [4.78, 5) is 10.5. The maximum atomic E-state index is 13.3. The molecule has 0 saturated heterocycles. The second kappa shape index (κ2) is 3.66. The third-order valence-electron chi connectivity index (χ3n) is 2.14. The smallest absolute Gasteiger partial charge is 0.359 e. The van der Waals surface area contributed by atoms with Gasteiger partial charge in [-0.25, -0.2) is 9.18 Å². The standard InChI is InChI=1S/C10H7BrFNO2/c11-7-5-13(9(12)10(14)15)8-4-2-1-3-6(7)8/h1-5,9H,(H,14,15). The van der Waals surface area contributed by atoms with Gasteiger partial charge in [-0.1, -0.05) is 18.2 Å². The van der Waals surface area contributed by atoms with Crippen LogP contribution >= 0.6 is 15.9 Å². The monoisotopic (exact) mass is 271 g/mol. The quantitative estimate of drug-likeness (QED) is 0.913. The molecule has 2 aromatic rings. The predicted molar refractivity (Wildman–Crippen MR) is 57.4 cm³/mol. The Bertz CT molecular complexity index is 523. The largest absolute Gasteiger partial charge is 0.478 e. The Morgan fingerprint density at radius 3 is 2.80 bits per heavy atom. The molecule has 15 heavy (non-hydrogen) atoms. The Morgan fingerprint density at radius 2 is 2.13 bits per heavy atom. The number of benzene rings is 1. The zero-order valence-corrected chi connectivity index (χ0v) is 9.11. The molecule has 0 amide bonds. The zero-order valence-electron chi connectivity index (χ0n) is 7.52. The zero-order chi connectivity index (χ0) is 11.0.